The summed E-state index contributed by atoms with van der Waals surface area (Å²) in [5, 5.41) is 16.0. The van der Waals surface area contributed by atoms with Crippen LogP contribution >= 0.6 is 0 Å². The lowest BCUT2D eigenvalue weighted by Gasteiger charge is -2.17. The van der Waals surface area contributed by atoms with Crippen LogP contribution in [0.5, 0.6) is 0 Å². The molecule has 0 saturated carbocycles. The van der Waals surface area contributed by atoms with Gasteiger partial charge < -0.3 is 0 Å². The third kappa shape index (κ3) is 10.9. The van der Waals surface area contributed by atoms with Crippen LogP contribution in [0.2, 0.25) is 0 Å². The first-order valence-corrected chi connectivity index (χ1v) is 9.80. The van der Waals surface area contributed by atoms with Gasteiger partial charge in [-0.15, -0.1) is 10.2 Å². The molecule has 2 heterocycles. The molecule has 0 atom stereocenters. The Kier molecular flexibility index (Phi) is 10.5. The SMILES string of the molecule is C.CCn1cc(CCC(C)(C)C)nn1.CCn1nncc1CCC(C)(C)C. The fourth-order valence-electron chi connectivity index (χ4n) is 2.35. The summed E-state index contributed by atoms with van der Waals surface area (Å²) in [5.41, 5.74) is 3.13. The molecule has 0 aliphatic rings. The number of aryl methyl sites for hydroxylation is 4. The monoisotopic (exact) mass is 378 g/mol. The van der Waals surface area contributed by atoms with Gasteiger partial charge in [-0.05, 0) is 50.4 Å². The maximum Gasteiger partial charge on any atom is 0.0827 e. The molecule has 6 heteroatoms. The van der Waals surface area contributed by atoms with E-state index < -0.39 is 0 Å². The Balaban J connectivity index is 0.000000483. The molecule has 0 saturated heterocycles. The van der Waals surface area contributed by atoms with Crippen LogP contribution in [0.15, 0.2) is 12.4 Å². The van der Waals surface area contributed by atoms with E-state index in [-0.39, 0.29) is 7.43 Å². The van der Waals surface area contributed by atoms with Gasteiger partial charge in [0.1, 0.15) is 0 Å². The van der Waals surface area contributed by atoms with E-state index in [0.29, 0.717) is 10.8 Å². The largest absolute Gasteiger partial charge is 0.253 e. The van der Waals surface area contributed by atoms with Crippen molar-refractivity contribution in [1.82, 2.24) is 30.0 Å². The summed E-state index contributed by atoms with van der Waals surface area (Å²) >= 11 is 0. The average molecular weight is 379 g/mol. The first-order valence-electron chi connectivity index (χ1n) is 9.80. The van der Waals surface area contributed by atoms with Gasteiger partial charge in [-0.2, -0.15) is 0 Å². The first kappa shape index (κ1) is 25.3. The summed E-state index contributed by atoms with van der Waals surface area (Å²) in [7, 11) is 0. The second-order valence-electron chi connectivity index (χ2n) is 9.23. The number of rotatable bonds is 6. The fraction of sp³-hybridized carbons (Fsp3) is 0.810. The lowest BCUT2D eigenvalue weighted by atomic mass is 9.90. The highest BCUT2D eigenvalue weighted by Gasteiger charge is 2.12. The van der Waals surface area contributed by atoms with Crippen LogP contribution in [0.25, 0.3) is 0 Å². The van der Waals surface area contributed by atoms with Crippen molar-refractivity contribution in [3.8, 4) is 0 Å². The molecule has 0 aliphatic heterocycles. The second kappa shape index (κ2) is 11.2. The van der Waals surface area contributed by atoms with Crippen molar-refractivity contribution in [2.45, 2.75) is 102 Å². The van der Waals surface area contributed by atoms with Gasteiger partial charge in [0.25, 0.3) is 0 Å². The molecule has 0 amide bonds. The van der Waals surface area contributed by atoms with Crippen molar-refractivity contribution < 1.29 is 0 Å². The molecule has 2 rings (SSSR count). The minimum Gasteiger partial charge on any atom is -0.253 e. The molecule has 0 bridgehead atoms. The second-order valence-corrected chi connectivity index (χ2v) is 9.23. The molecule has 0 aliphatic carbocycles. The van der Waals surface area contributed by atoms with Crippen LogP contribution in [0.3, 0.4) is 0 Å². The number of aromatic nitrogens is 6. The Labute approximate surface area is 166 Å². The number of hydrogen-bond acceptors (Lipinski definition) is 4. The van der Waals surface area contributed by atoms with Crippen molar-refractivity contribution in [3.05, 3.63) is 23.8 Å². The Morgan fingerprint density at radius 1 is 0.852 bits per heavy atom. The summed E-state index contributed by atoms with van der Waals surface area (Å²) in [6, 6.07) is 0. The standard InChI is InChI=1S/2C10H19N3.CH4/c1-5-13-8-9(11-12-13)6-7-10(2,3)4;1-5-13-9(8-11-12-13)6-7-10(2,3)4;/h2*8H,5-7H2,1-4H3;1H4. The van der Waals surface area contributed by atoms with E-state index in [1.807, 2.05) is 21.8 Å². The highest BCUT2D eigenvalue weighted by Crippen LogP contribution is 2.21. The topological polar surface area (TPSA) is 61.4 Å². The zero-order valence-corrected chi connectivity index (χ0v) is 18.1. The van der Waals surface area contributed by atoms with Crippen molar-refractivity contribution in [2.75, 3.05) is 0 Å². The van der Waals surface area contributed by atoms with E-state index in [2.05, 4.69) is 76.0 Å². The van der Waals surface area contributed by atoms with E-state index in [4.69, 9.17) is 0 Å². The van der Waals surface area contributed by atoms with E-state index >= 15 is 0 Å². The van der Waals surface area contributed by atoms with Crippen LogP contribution in [-0.2, 0) is 25.9 Å². The molecule has 0 unspecified atom stereocenters. The molecule has 6 nitrogen and oxygen atoms in total. The fourth-order valence-corrected chi connectivity index (χ4v) is 2.35. The van der Waals surface area contributed by atoms with Gasteiger partial charge in [0.15, 0.2) is 0 Å². The van der Waals surface area contributed by atoms with Crippen LogP contribution in [0, 0.1) is 10.8 Å². The highest BCUT2D eigenvalue weighted by molar-refractivity contribution is 4.95. The van der Waals surface area contributed by atoms with E-state index in [9.17, 15) is 0 Å². The van der Waals surface area contributed by atoms with E-state index in [1.54, 1.807) is 0 Å². The third-order valence-electron chi connectivity index (χ3n) is 4.17. The molecular weight excluding hydrogens is 336 g/mol. The number of nitrogens with zero attached hydrogens (tertiary/aromatic N) is 6. The van der Waals surface area contributed by atoms with Crippen LogP contribution in [-0.4, -0.2) is 30.0 Å². The van der Waals surface area contributed by atoms with Crippen molar-refractivity contribution in [2.24, 2.45) is 10.8 Å². The normalized spacial score (nSPS) is 11.6. The Bertz CT molecular complexity index is 628. The summed E-state index contributed by atoms with van der Waals surface area (Å²) in [6.07, 6.45) is 8.35. The van der Waals surface area contributed by atoms with E-state index in [1.165, 1.54) is 12.1 Å². The molecule has 0 spiro atoms. The Morgan fingerprint density at radius 2 is 1.44 bits per heavy atom. The minimum atomic E-state index is 0. The van der Waals surface area contributed by atoms with Gasteiger partial charge in [-0.25, -0.2) is 4.68 Å². The zero-order valence-electron chi connectivity index (χ0n) is 18.1. The predicted octanol–water partition coefficient (Wildman–Crippen LogP) is 5.19. The summed E-state index contributed by atoms with van der Waals surface area (Å²) in [5.74, 6) is 0. The maximum absolute atomic E-state index is 4.10. The maximum atomic E-state index is 4.10. The van der Waals surface area contributed by atoms with Gasteiger partial charge in [0.05, 0.1) is 17.6 Å². The van der Waals surface area contributed by atoms with Crippen LogP contribution in [0.4, 0.5) is 0 Å². The first-order chi connectivity index (χ1) is 12.0. The molecule has 0 N–H and O–H groups in total. The van der Waals surface area contributed by atoms with Crippen LogP contribution < -0.4 is 0 Å². The van der Waals surface area contributed by atoms with E-state index in [0.717, 1.165) is 38.0 Å². The third-order valence-corrected chi connectivity index (χ3v) is 4.17. The van der Waals surface area contributed by atoms with Crippen molar-refractivity contribution in [1.29, 1.82) is 0 Å². The minimum absolute atomic E-state index is 0. The van der Waals surface area contributed by atoms with Gasteiger partial charge in [0.2, 0.25) is 0 Å². The van der Waals surface area contributed by atoms with Crippen molar-refractivity contribution in [3.63, 3.8) is 0 Å². The highest BCUT2D eigenvalue weighted by atomic mass is 15.4. The molecule has 156 valence electrons. The number of hydrogen-bond donors (Lipinski definition) is 0. The van der Waals surface area contributed by atoms with Gasteiger partial charge >= 0.3 is 0 Å². The van der Waals surface area contributed by atoms with Gasteiger partial charge in [0, 0.05) is 19.3 Å². The van der Waals surface area contributed by atoms with Crippen LogP contribution in [0.1, 0.15) is 87.0 Å². The molecule has 0 aromatic carbocycles. The average Bonchev–Trinajstić information content (AvgIpc) is 3.18. The summed E-state index contributed by atoms with van der Waals surface area (Å²) in [6.45, 7) is 19.5. The van der Waals surface area contributed by atoms with Gasteiger partial charge in [-0.1, -0.05) is 59.4 Å². The molecule has 2 aromatic heterocycles. The molecule has 27 heavy (non-hydrogen) atoms. The smallest absolute Gasteiger partial charge is 0.0827 e. The molecule has 2 aromatic rings. The predicted molar refractivity (Wildman–Crippen MR) is 114 cm³/mol. The van der Waals surface area contributed by atoms with Gasteiger partial charge in [-0.3, -0.25) is 4.68 Å². The Morgan fingerprint density at radius 3 is 1.93 bits per heavy atom. The molecular formula is C21H42N6. The summed E-state index contributed by atoms with van der Waals surface area (Å²) in [4.78, 5) is 0. The molecule has 0 fully saturated rings. The Hall–Kier alpha value is -1.72. The summed E-state index contributed by atoms with van der Waals surface area (Å²) < 4.78 is 3.84. The lowest BCUT2D eigenvalue weighted by molar-refractivity contribution is 0.372. The lowest BCUT2D eigenvalue weighted by Crippen LogP contribution is -2.09. The quantitative estimate of drug-likeness (QED) is 0.694. The zero-order chi connectivity index (χ0) is 19.8. The van der Waals surface area contributed by atoms with Crippen molar-refractivity contribution >= 4 is 0 Å². The molecule has 0 radical (unpaired) electrons.